The normalized spacial score (nSPS) is 16.0. The van der Waals surface area contributed by atoms with Gasteiger partial charge in [0.1, 0.15) is 17.7 Å². The van der Waals surface area contributed by atoms with Gasteiger partial charge < -0.3 is 64.9 Å². The minimum atomic E-state index is -3.63. The van der Waals surface area contributed by atoms with Crippen molar-refractivity contribution < 1.29 is 79.5 Å². The second kappa shape index (κ2) is 33.0. The number of fused-ring (bicyclic) bond motifs is 1. The maximum absolute atomic E-state index is 14.3. The number of hydrogen-bond donors (Lipinski definition) is 6. The Kier molecular flexibility index (Phi) is 26.1. The molecule has 3 aliphatic heterocycles. The highest BCUT2D eigenvalue weighted by Crippen LogP contribution is 2.33. The predicted octanol–water partition coefficient (Wildman–Crippen LogP) is 1.58. The first-order valence-corrected chi connectivity index (χ1v) is 28.2. The lowest BCUT2D eigenvalue weighted by Crippen LogP contribution is -2.54. The quantitative estimate of drug-likeness (QED) is 0.0350. The van der Waals surface area contributed by atoms with Gasteiger partial charge in [0.2, 0.25) is 33.7 Å². The zero-order chi connectivity index (χ0) is 56.4. The summed E-state index contributed by atoms with van der Waals surface area (Å²) in [7, 11) is -3.63. The molecule has 29 heteroatoms. The largest absolute Gasteiger partial charge is 0.382 e. The summed E-state index contributed by atoms with van der Waals surface area (Å²) >= 11 is 3.35. The lowest BCUT2D eigenvalue weighted by Gasteiger charge is -2.31. The topological polar surface area (TPSA) is 329 Å². The first-order valence-electron chi connectivity index (χ1n) is 25.8. The number of carbonyl (C=O) groups excluding carboxylic acids is 6. The third kappa shape index (κ3) is 20.0. The highest BCUT2D eigenvalue weighted by molar-refractivity contribution is 9.10. The number of benzene rings is 2. The molecule has 0 bridgehead atoms. The van der Waals surface area contributed by atoms with Crippen LogP contribution < -0.4 is 32.3 Å². The number of anilines is 4. The van der Waals surface area contributed by atoms with Gasteiger partial charge in [-0.25, -0.2) is 22.1 Å². The summed E-state index contributed by atoms with van der Waals surface area (Å²) in [5, 5.41) is 14.1. The number of amides is 6. The fourth-order valence-corrected chi connectivity index (χ4v) is 9.93. The number of nitrogens with two attached hydrogens (primary N) is 1. The smallest absolute Gasteiger partial charge is 0.264 e. The maximum Gasteiger partial charge on any atom is 0.264 e. The van der Waals surface area contributed by atoms with Gasteiger partial charge >= 0.3 is 0 Å². The summed E-state index contributed by atoms with van der Waals surface area (Å²) in [4.78, 5) is 83.9. The van der Waals surface area contributed by atoms with Gasteiger partial charge in [0, 0.05) is 56.9 Å². The number of aromatic nitrogens is 2. The van der Waals surface area contributed by atoms with Gasteiger partial charge in [0.15, 0.2) is 0 Å². The SMILES string of the molecule is NC(=O)c1c(F)cccc1Nc1nc(NC2CCN(S(=O)(=O)CCNC(=O)CCOCCOCCOCCOCCOCCOCCOCCOCCNc3cccc4c3C(=O)N(C3CCC(=O)NC3=O)C4=O)CC2)ncc1Br. The molecular formula is C50H68BrFN10O16S. The average Bonchev–Trinajstić information content (AvgIpc) is 3.71. The van der Waals surface area contributed by atoms with Crippen LogP contribution in [-0.4, -0.2) is 213 Å². The molecule has 2 fully saturated rings. The molecule has 3 aliphatic rings. The molecule has 6 rings (SSSR count). The van der Waals surface area contributed by atoms with Crippen molar-refractivity contribution in [3.63, 3.8) is 0 Å². The molecule has 6 amide bonds. The van der Waals surface area contributed by atoms with Crippen molar-refractivity contribution in [2.24, 2.45) is 5.73 Å². The van der Waals surface area contributed by atoms with Crippen LogP contribution >= 0.6 is 15.9 Å². The Morgan fingerprint density at radius 2 is 1.29 bits per heavy atom. The van der Waals surface area contributed by atoms with Crippen LogP contribution in [0.25, 0.3) is 0 Å². The van der Waals surface area contributed by atoms with E-state index >= 15 is 0 Å². The first-order chi connectivity index (χ1) is 38.2. The lowest BCUT2D eigenvalue weighted by molar-refractivity contribution is -0.136. The Morgan fingerprint density at radius 1 is 0.734 bits per heavy atom. The van der Waals surface area contributed by atoms with Gasteiger partial charge in [-0.05, 0) is 59.5 Å². The highest BCUT2D eigenvalue weighted by atomic mass is 79.9. The van der Waals surface area contributed by atoms with E-state index in [0.29, 0.717) is 122 Å². The van der Waals surface area contributed by atoms with Crippen molar-refractivity contribution in [2.45, 2.75) is 44.2 Å². The summed E-state index contributed by atoms with van der Waals surface area (Å²) in [5.74, 6) is -4.00. The van der Waals surface area contributed by atoms with Crippen LogP contribution in [0, 0.1) is 5.82 Å². The van der Waals surface area contributed by atoms with Crippen LogP contribution in [0.3, 0.4) is 0 Å². The van der Waals surface area contributed by atoms with Crippen molar-refractivity contribution in [1.82, 2.24) is 29.8 Å². The van der Waals surface area contributed by atoms with E-state index in [0.717, 1.165) is 11.0 Å². The fraction of sp³-hybridized carbons (Fsp3) is 0.560. The molecule has 2 saturated heterocycles. The molecule has 1 atom stereocenters. The monoisotopic (exact) mass is 1190 g/mol. The number of piperidine rings is 2. The second-order valence-electron chi connectivity index (χ2n) is 17.8. The van der Waals surface area contributed by atoms with Crippen LogP contribution in [-0.2, 0) is 62.3 Å². The lowest BCUT2D eigenvalue weighted by atomic mass is 10.0. The number of sulfonamides is 1. The zero-order valence-electron chi connectivity index (χ0n) is 43.6. The summed E-state index contributed by atoms with van der Waals surface area (Å²) in [6.07, 6.45) is 2.65. The third-order valence-corrected chi connectivity index (χ3v) is 14.7. The van der Waals surface area contributed by atoms with Crippen LogP contribution in [0.1, 0.15) is 63.2 Å². The Hall–Kier alpha value is -5.86. The van der Waals surface area contributed by atoms with Crippen molar-refractivity contribution in [3.8, 4) is 0 Å². The van der Waals surface area contributed by atoms with E-state index in [1.54, 1.807) is 12.1 Å². The zero-order valence-corrected chi connectivity index (χ0v) is 46.0. The number of nitrogens with one attached hydrogen (secondary N) is 5. The Bertz CT molecular complexity index is 2640. The van der Waals surface area contributed by atoms with Crippen molar-refractivity contribution >= 4 is 84.5 Å². The molecule has 3 aromatic rings. The number of imide groups is 2. The molecule has 1 aromatic heterocycles. The summed E-state index contributed by atoms with van der Waals surface area (Å²) < 4.78 is 86.2. The van der Waals surface area contributed by atoms with E-state index in [2.05, 4.69) is 52.5 Å². The van der Waals surface area contributed by atoms with Gasteiger partial charge in [-0.15, -0.1) is 0 Å². The van der Waals surface area contributed by atoms with Gasteiger partial charge in [-0.3, -0.25) is 39.0 Å². The van der Waals surface area contributed by atoms with Gasteiger partial charge in [0.25, 0.3) is 17.7 Å². The highest BCUT2D eigenvalue weighted by Gasteiger charge is 2.45. The van der Waals surface area contributed by atoms with Gasteiger partial charge in [-0.1, -0.05) is 12.1 Å². The number of hydrogen-bond acceptors (Lipinski definition) is 21. The van der Waals surface area contributed by atoms with Crippen molar-refractivity contribution in [1.29, 1.82) is 0 Å². The number of halogens is 2. The van der Waals surface area contributed by atoms with Crippen molar-refractivity contribution in [3.05, 3.63) is 69.6 Å². The molecular weight excluding hydrogens is 1130 g/mol. The maximum atomic E-state index is 14.3. The van der Waals surface area contributed by atoms with Crippen molar-refractivity contribution in [2.75, 3.05) is 154 Å². The molecule has 26 nitrogen and oxygen atoms in total. The van der Waals surface area contributed by atoms with E-state index < -0.39 is 51.4 Å². The Balaban J connectivity index is 0.657. The van der Waals surface area contributed by atoms with E-state index in [9.17, 15) is 41.6 Å². The first kappa shape index (κ1) is 62.3. The molecule has 0 saturated carbocycles. The summed E-state index contributed by atoms with van der Waals surface area (Å²) in [5.41, 5.74) is 6.05. The van der Waals surface area contributed by atoms with Crippen LogP contribution in [0.2, 0.25) is 0 Å². The number of primary amides is 1. The molecule has 79 heavy (non-hydrogen) atoms. The molecule has 2 aromatic carbocycles. The minimum Gasteiger partial charge on any atom is -0.382 e. The predicted molar refractivity (Wildman–Crippen MR) is 286 cm³/mol. The molecule has 7 N–H and O–H groups in total. The Labute approximate surface area is 465 Å². The van der Waals surface area contributed by atoms with E-state index in [1.807, 2.05) is 0 Å². The van der Waals surface area contributed by atoms with Gasteiger partial charge in [-0.2, -0.15) is 4.98 Å². The molecule has 4 heterocycles. The third-order valence-electron chi connectivity index (χ3n) is 12.2. The molecule has 0 spiro atoms. The fourth-order valence-electron chi connectivity index (χ4n) is 8.25. The minimum absolute atomic E-state index is 0.0396. The number of rotatable bonds is 38. The average molecular weight is 1200 g/mol. The second-order valence-corrected chi connectivity index (χ2v) is 20.7. The standard InChI is InChI=1S/C50H68BrFN10O16S/c51-36-33-56-50(60-46(36)58-39-6-2-4-37(52)44(39)45(53)65)57-34-9-14-61(15-10-34)79(69,70)32-13-55-41(63)11-16-71-18-20-73-22-24-75-26-28-77-30-31-78-29-27-76-25-23-74-21-19-72-17-12-54-38-5-1-3-35-43(38)49(68)62(48(35)67)40-7-8-42(64)59-47(40)66/h1-6,33-34,40,54H,7-32H2,(H2,53,65)(H,55,63)(H,59,64,66)(H2,56,57,58,60). The van der Waals surface area contributed by atoms with E-state index in [4.69, 9.17) is 43.6 Å². The van der Waals surface area contributed by atoms with E-state index in [-0.39, 0.29) is 104 Å². The number of ether oxygens (including phenoxy) is 8. The van der Waals surface area contributed by atoms with Crippen LogP contribution in [0.15, 0.2) is 47.1 Å². The molecule has 1 unspecified atom stereocenters. The molecule has 0 radical (unpaired) electrons. The van der Waals surface area contributed by atoms with Crippen LogP contribution in [0.5, 0.6) is 0 Å². The van der Waals surface area contributed by atoms with E-state index in [1.165, 1.54) is 28.7 Å². The molecule has 434 valence electrons. The number of nitrogens with zero attached hydrogens (tertiary/aromatic N) is 4. The van der Waals surface area contributed by atoms with Gasteiger partial charge in [0.05, 0.1) is 138 Å². The Morgan fingerprint density at radius 3 is 1.87 bits per heavy atom. The van der Waals surface area contributed by atoms with Crippen LogP contribution in [0.4, 0.5) is 27.5 Å². The summed E-state index contributed by atoms with van der Waals surface area (Å²) in [6, 6.07) is 7.77. The number of carbonyl (C=O) groups is 6. The molecule has 0 aliphatic carbocycles. The summed E-state index contributed by atoms with van der Waals surface area (Å²) in [6.45, 7) is 6.49.